The molecule has 0 amide bonds. The molecule has 0 fully saturated rings. The zero-order valence-electron chi connectivity index (χ0n) is 10.7. The Bertz CT molecular complexity index is 674. The summed E-state index contributed by atoms with van der Waals surface area (Å²) in [6.07, 6.45) is 8.54. The van der Waals surface area contributed by atoms with Crippen molar-refractivity contribution in [1.82, 2.24) is 9.97 Å². The average Bonchev–Trinajstić information content (AvgIpc) is 2.98. The molecule has 0 aromatic carbocycles. The largest absolute Gasteiger partial charge is 0.264 e. The molecule has 0 radical (unpaired) electrons. The first-order valence-corrected chi connectivity index (χ1v) is 7.13. The van der Waals surface area contributed by atoms with Gasteiger partial charge in [-0.25, -0.2) is 0 Å². The smallest absolute Gasteiger partial charge is 0.0367 e. The van der Waals surface area contributed by atoms with E-state index >= 15 is 0 Å². The molecule has 0 saturated carbocycles. The zero-order chi connectivity index (χ0) is 13.1. The molecule has 94 valence electrons. The van der Waals surface area contributed by atoms with Crippen LogP contribution in [0.15, 0.2) is 55.1 Å². The fourth-order valence-corrected chi connectivity index (χ4v) is 3.14. The van der Waals surface area contributed by atoms with E-state index in [2.05, 4.69) is 41.2 Å². The molecule has 0 N–H and O–H groups in total. The van der Waals surface area contributed by atoms with Crippen LogP contribution in [0.1, 0.15) is 12.5 Å². The minimum Gasteiger partial charge on any atom is -0.264 e. The Balaban J connectivity index is 2.02. The Hall–Kier alpha value is -2.00. The van der Waals surface area contributed by atoms with E-state index in [0.717, 1.165) is 6.42 Å². The molecule has 3 heterocycles. The van der Waals surface area contributed by atoms with Crippen LogP contribution in [0.25, 0.3) is 20.9 Å². The van der Waals surface area contributed by atoms with Crippen LogP contribution >= 0.6 is 11.3 Å². The number of pyridine rings is 2. The molecule has 3 aromatic heterocycles. The summed E-state index contributed by atoms with van der Waals surface area (Å²) in [4.78, 5) is 10.9. The van der Waals surface area contributed by atoms with Gasteiger partial charge in [-0.1, -0.05) is 13.0 Å². The quantitative estimate of drug-likeness (QED) is 0.700. The third-order valence-corrected chi connectivity index (χ3v) is 4.28. The molecule has 2 nitrogen and oxygen atoms in total. The highest BCUT2D eigenvalue weighted by Gasteiger charge is 2.08. The lowest BCUT2D eigenvalue weighted by atomic mass is 10.1. The highest BCUT2D eigenvalue weighted by Crippen LogP contribution is 2.35. The number of aromatic nitrogens is 2. The molecule has 3 rings (SSSR count). The van der Waals surface area contributed by atoms with Crippen molar-refractivity contribution in [2.24, 2.45) is 0 Å². The summed E-state index contributed by atoms with van der Waals surface area (Å²) in [6.45, 7) is 2.18. The topological polar surface area (TPSA) is 25.8 Å². The maximum atomic E-state index is 4.25. The lowest BCUT2D eigenvalue weighted by molar-refractivity contribution is 1.12. The van der Waals surface area contributed by atoms with E-state index in [9.17, 15) is 0 Å². The van der Waals surface area contributed by atoms with Crippen molar-refractivity contribution in [3.05, 3.63) is 60.7 Å². The van der Waals surface area contributed by atoms with Gasteiger partial charge in [0.15, 0.2) is 0 Å². The fraction of sp³-hybridized carbons (Fsp3) is 0.125. The Morgan fingerprint density at radius 1 is 0.947 bits per heavy atom. The number of thiophene rings is 1. The number of hydrogen-bond donors (Lipinski definition) is 0. The Labute approximate surface area is 116 Å². The van der Waals surface area contributed by atoms with Gasteiger partial charge in [-0.15, -0.1) is 11.3 Å². The molecule has 19 heavy (non-hydrogen) atoms. The maximum Gasteiger partial charge on any atom is 0.0367 e. The van der Waals surface area contributed by atoms with Crippen molar-refractivity contribution >= 4 is 11.3 Å². The van der Waals surface area contributed by atoms with Crippen molar-refractivity contribution in [1.29, 1.82) is 0 Å². The van der Waals surface area contributed by atoms with Gasteiger partial charge in [0.1, 0.15) is 0 Å². The number of aryl methyl sites for hydroxylation is 1. The third kappa shape index (κ3) is 2.42. The predicted molar refractivity (Wildman–Crippen MR) is 80.2 cm³/mol. The summed E-state index contributed by atoms with van der Waals surface area (Å²) >= 11 is 1.79. The summed E-state index contributed by atoms with van der Waals surface area (Å²) in [7, 11) is 0. The molecule has 0 unspecified atom stereocenters. The third-order valence-electron chi connectivity index (χ3n) is 3.11. The molecule has 3 aromatic rings. The average molecular weight is 266 g/mol. The van der Waals surface area contributed by atoms with Gasteiger partial charge in [0.2, 0.25) is 0 Å². The van der Waals surface area contributed by atoms with Crippen molar-refractivity contribution < 1.29 is 0 Å². The minimum absolute atomic E-state index is 1.03. The van der Waals surface area contributed by atoms with E-state index in [-0.39, 0.29) is 0 Å². The standard InChI is InChI=1S/C16H14N2S/c1-2-12-7-9-18-11-14(12)16-6-5-15(19-16)13-4-3-8-17-10-13/h3-11H,2H2,1H3. The molecule has 0 aliphatic heterocycles. The summed E-state index contributed by atoms with van der Waals surface area (Å²) in [5, 5.41) is 0. The van der Waals surface area contributed by atoms with Gasteiger partial charge in [-0.05, 0) is 36.2 Å². The number of hydrogen-bond acceptors (Lipinski definition) is 3. The first-order valence-electron chi connectivity index (χ1n) is 6.32. The molecule has 0 saturated heterocycles. The summed E-state index contributed by atoms with van der Waals surface area (Å²) in [5.74, 6) is 0. The predicted octanol–water partition coefficient (Wildman–Crippen LogP) is 4.43. The van der Waals surface area contributed by atoms with Crippen molar-refractivity contribution in [2.45, 2.75) is 13.3 Å². The van der Waals surface area contributed by atoms with E-state index in [4.69, 9.17) is 0 Å². The molecule has 3 heteroatoms. The Morgan fingerprint density at radius 2 is 1.79 bits per heavy atom. The van der Waals surface area contributed by atoms with Gasteiger partial charge in [-0.2, -0.15) is 0 Å². The van der Waals surface area contributed by atoms with Gasteiger partial charge in [0.25, 0.3) is 0 Å². The second-order valence-electron chi connectivity index (χ2n) is 4.29. The molecule has 0 spiro atoms. The van der Waals surface area contributed by atoms with Crippen LogP contribution in [0.5, 0.6) is 0 Å². The van der Waals surface area contributed by atoms with Gasteiger partial charge in [0.05, 0.1) is 0 Å². The Morgan fingerprint density at radius 3 is 2.58 bits per heavy atom. The second-order valence-corrected chi connectivity index (χ2v) is 5.38. The van der Waals surface area contributed by atoms with Crippen LogP contribution < -0.4 is 0 Å². The highest BCUT2D eigenvalue weighted by atomic mass is 32.1. The molecule has 0 aliphatic carbocycles. The highest BCUT2D eigenvalue weighted by molar-refractivity contribution is 7.18. The molecule has 0 bridgehead atoms. The van der Waals surface area contributed by atoms with Crippen LogP contribution in [0.4, 0.5) is 0 Å². The minimum atomic E-state index is 1.03. The van der Waals surface area contributed by atoms with Crippen LogP contribution in [0, 0.1) is 0 Å². The molecular weight excluding hydrogens is 252 g/mol. The van der Waals surface area contributed by atoms with E-state index in [1.807, 2.05) is 24.7 Å². The van der Waals surface area contributed by atoms with Crippen LogP contribution in [0.3, 0.4) is 0 Å². The van der Waals surface area contributed by atoms with E-state index in [1.54, 1.807) is 17.5 Å². The Kier molecular flexibility index (Phi) is 3.38. The normalized spacial score (nSPS) is 10.6. The van der Waals surface area contributed by atoms with Gasteiger partial charge >= 0.3 is 0 Å². The van der Waals surface area contributed by atoms with Crippen molar-refractivity contribution in [2.75, 3.05) is 0 Å². The van der Waals surface area contributed by atoms with Crippen LogP contribution in [-0.4, -0.2) is 9.97 Å². The van der Waals surface area contributed by atoms with E-state index < -0.39 is 0 Å². The zero-order valence-corrected chi connectivity index (χ0v) is 11.5. The van der Waals surface area contributed by atoms with Crippen LogP contribution in [0.2, 0.25) is 0 Å². The van der Waals surface area contributed by atoms with Crippen LogP contribution in [-0.2, 0) is 6.42 Å². The monoisotopic (exact) mass is 266 g/mol. The first-order chi connectivity index (χ1) is 9.38. The second kappa shape index (κ2) is 5.33. The SMILES string of the molecule is CCc1ccncc1-c1ccc(-c2cccnc2)s1. The lowest BCUT2D eigenvalue weighted by Gasteiger charge is -2.03. The number of nitrogens with zero attached hydrogens (tertiary/aromatic N) is 2. The van der Waals surface area contributed by atoms with Gasteiger partial charge in [-0.3, -0.25) is 9.97 Å². The first kappa shape index (κ1) is 12.1. The van der Waals surface area contributed by atoms with Crippen molar-refractivity contribution in [3.63, 3.8) is 0 Å². The molecule has 0 atom stereocenters. The van der Waals surface area contributed by atoms with E-state index in [1.165, 1.54) is 26.4 Å². The lowest BCUT2D eigenvalue weighted by Crippen LogP contribution is -1.86. The van der Waals surface area contributed by atoms with E-state index in [0.29, 0.717) is 0 Å². The maximum absolute atomic E-state index is 4.25. The fourth-order valence-electron chi connectivity index (χ4n) is 2.10. The van der Waals surface area contributed by atoms with Crippen molar-refractivity contribution in [3.8, 4) is 20.9 Å². The number of rotatable bonds is 3. The molecular formula is C16H14N2S. The summed E-state index contributed by atoms with van der Waals surface area (Å²) in [5.41, 5.74) is 3.75. The van der Waals surface area contributed by atoms with Gasteiger partial charge < -0.3 is 0 Å². The summed E-state index contributed by atoms with van der Waals surface area (Å²) < 4.78 is 0. The van der Waals surface area contributed by atoms with Gasteiger partial charge in [0, 0.05) is 45.7 Å². The molecule has 0 aliphatic rings. The summed E-state index contributed by atoms with van der Waals surface area (Å²) in [6, 6.07) is 10.5.